The van der Waals surface area contributed by atoms with Crippen LogP contribution in [0.1, 0.15) is 17.5 Å². The Bertz CT molecular complexity index is 811. The van der Waals surface area contributed by atoms with Gasteiger partial charge in [-0.05, 0) is 49.2 Å². The number of hydrogen-bond acceptors (Lipinski definition) is 2. The first-order valence-electron chi connectivity index (χ1n) is 7.98. The van der Waals surface area contributed by atoms with E-state index >= 15 is 0 Å². The number of carbonyl (C=O) groups excluding carboxylic acids is 2. The summed E-state index contributed by atoms with van der Waals surface area (Å²) in [6.45, 7) is 3.79. The van der Waals surface area contributed by atoms with Gasteiger partial charge in [0.25, 0.3) is 0 Å². The third-order valence-corrected chi connectivity index (χ3v) is 4.19. The Morgan fingerprint density at radius 1 is 1.12 bits per heavy atom. The third-order valence-electron chi connectivity index (χ3n) is 4.19. The fourth-order valence-corrected chi connectivity index (χ4v) is 3.14. The number of amides is 2. The summed E-state index contributed by atoms with van der Waals surface area (Å²) in [6, 6.07) is 9.06. The maximum absolute atomic E-state index is 13.9. The second kappa shape index (κ2) is 6.63. The van der Waals surface area contributed by atoms with E-state index < -0.39 is 29.1 Å². The van der Waals surface area contributed by atoms with Gasteiger partial charge in [0.1, 0.15) is 17.3 Å². The van der Waals surface area contributed by atoms with Crippen molar-refractivity contribution < 1.29 is 18.4 Å². The fraction of sp³-hybridized carbons (Fsp3) is 0.263. The molecular formula is C19H18F2N2O2. The van der Waals surface area contributed by atoms with Crippen molar-refractivity contribution >= 4 is 23.2 Å². The van der Waals surface area contributed by atoms with Gasteiger partial charge in [0.15, 0.2) is 0 Å². The molecule has 2 aromatic carbocycles. The number of para-hydroxylation sites is 1. The lowest BCUT2D eigenvalue weighted by atomic mass is 10.1. The summed E-state index contributed by atoms with van der Waals surface area (Å²) in [6.07, 6.45) is -0.0790. The van der Waals surface area contributed by atoms with Crippen LogP contribution in [-0.2, 0) is 9.59 Å². The highest BCUT2D eigenvalue weighted by Gasteiger charge is 2.37. The lowest BCUT2D eigenvalue weighted by molar-refractivity contribution is -0.122. The van der Waals surface area contributed by atoms with E-state index in [0.717, 1.165) is 28.2 Å². The zero-order valence-electron chi connectivity index (χ0n) is 14.0. The molecule has 2 aromatic rings. The molecule has 1 aliphatic heterocycles. The molecule has 0 saturated carbocycles. The average Bonchev–Trinajstić information content (AvgIpc) is 2.88. The van der Waals surface area contributed by atoms with Gasteiger partial charge in [0, 0.05) is 18.7 Å². The van der Waals surface area contributed by atoms with Gasteiger partial charge in [-0.3, -0.25) is 9.59 Å². The average molecular weight is 344 g/mol. The van der Waals surface area contributed by atoms with Crippen LogP contribution in [0.5, 0.6) is 0 Å². The van der Waals surface area contributed by atoms with E-state index in [1.165, 1.54) is 6.07 Å². The zero-order valence-corrected chi connectivity index (χ0v) is 14.0. The van der Waals surface area contributed by atoms with Crippen LogP contribution < -0.4 is 10.2 Å². The van der Waals surface area contributed by atoms with E-state index in [4.69, 9.17) is 0 Å². The number of halogens is 2. The highest BCUT2D eigenvalue weighted by molar-refractivity contribution is 6.03. The molecule has 0 bridgehead atoms. The van der Waals surface area contributed by atoms with Gasteiger partial charge < -0.3 is 10.2 Å². The van der Waals surface area contributed by atoms with Crippen LogP contribution in [0.15, 0.2) is 36.4 Å². The summed E-state index contributed by atoms with van der Waals surface area (Å²) >= 11 is 0. The van der Waals surface area contributed by atoms with Crippen molar-refractivity contribution in [1.82, 2.24) is 0 Å². The SMILES string of the molecule is Cc1cc(C)cc(NC(=O)C2CC(=O)N(c3c(F)cccc3F)C2)c1. The van der Waals surface area contributed by atoms with Crippen molar-refractivity contribution in [2.45, 2.75) is 20.3 Å². The lowest BCUT2D eigenvalue weighted by Gasteiger charge is -2.18. The number of anilines is 2. The first kappa shape index (κ1) is 17.1. The first-order chi connectivity index (χ1) is 11.8. The minimum absolute atomic E-state index is 0.0483. The van der Waals surface area contributed by atoms with Crippen molar-refractivity contribution in [2.75, 3.05) is 16.8 Å². The van der Waals surface area contributed by atoms with Crippen molar-refractivity contribution in [2.24, 2.45) is 5.92 Å². The molecule has 4 nitrogen and oxygen atoms in total. The van der Waals surface area contributed by atoms with Gasteiger partial charge in [-0.25, -0.2) is 8.78 Å². The third kappa shape index (κ3) is 3.52. The molecule has 25 heavy (non-hydrogen) atoms. The Hall–Kier alpha value is -2.76. The second-order valence-corrected chi connectivity index (χ2v) is 6.34. The molecule has 3 rings (SSSR count). The predicted molar refractivity (Wildman–Crippen MR) is 91.4 cm³/mol. The molecule has 1 heterocycles. The van der Waals surface area contributed by atoms with E-state index in [2.05, 4.69) is 5.32 Å². The minimum Gasteiger partial charge on any atom is -0.326 e. The highest BCUT2D eigenvalue weighted by Crippen LogP contribution is 2.30. The smallest absolute Gasteiger partial charge is 0.229 e. The maximum atomic E-state index is 13.9. The summed E-state index contributed by atoms with van der Waals surface area (Å²) in [5, 5.41) is 2.78. The molecule has 6 heteroatoms. The molecule has 0 aliphatic carbocycles. The molecule has 0 aromatic heterocycles. The quantitative estimate of drug-likeness (QED) is 0.925. The fourth-order valence-electron chi connectivity index (χ4n) is 3.14. The molecule has 1 aliphatic rings. The van der Waals surface area contributed by atoms with Crippen LogP contribution in [0, 0.1) is 31.4 Å². The standard InChI is InChI=1S/C19H18F2N2O2/c1-11-6-12(2)8-14(7-11)22-19(25)13-9-17(24)23(10-13)18-15(20)4-3-5-16(18)21/h3-8,13H,9-10H2,1-2H3,(H,22,25). The van der Waals surface area contributed by atoms with Crippen LogP contribution in [0.4, 0.5) is 20.2 Å². The molecule has 1 atom stereocenters. The van der Waals surface area contributed by atoms with Crippen LogP contribution in [0.3, 0.4) is 0 Å². The second-order valence-electron chi connectivity index (χ2n) is 6.34. The van der Waals surface area contributed by atoms with Crippen molar-refractivity contribution in [3.05, 3.63) is 59.2 Å². The summed E-state index contributed by atoms with van der Waals surface area (Å²) in [7, 11) is 0. The number of nitrogens with one attached hydrogen (secondary N) is 1. The van der Waals surface area contributed by atoms with Crippen molar-refractivity contribution in [3.63, 3.8) is 0 Å². The van der Waals surface area contributed by atoms with E-state index in [0.29, 0.717) is 5.69 Å². The van der Waals surface area contributed by atoms with E-state index in [-0.39, 0.29) is 18.9 Å². The van der Waals surface area contributed by atoms with Crippen LogP contribution in [-0.4, -0.2) is 18.4 Å². The Balaban J connectivity index is 1.77. The van der Waals surface area contributed by atoms with Gasteiger partial charge in [0.05, 0.1) is 5.92 Å². The monoisotopic (exact) mass is 344 g/mol. The normalized spacial score (nSPS) is 17.0. The molecule has 0 spiro atoms. The van der Waals surface area contributed by atoms with Gasteiger partial charge in [0.2, 0.25) is 11.8 Å². The minimum atomic E-state index is -0.816. The molecule has 1 unspecified atom stereocenters. The Morgan fingerprint density at radius 3 is 2.32 bits per heavy atom. The summed E-state index contributed by atoms with van der Waals surface area (Å²) in [4.78, 5) is 25.6. The molecule has 2 amide bonds. The van der Waals surface area contributed by atoms with E-state index in [1.807, 2.05) is 32.0 Å². The number of hydrogen-bond donors (Lipinski definition) is 1. The molecular weight excluding hydrogens is 326 g/mol. The molecule has 1 fully saturated rings. The largest absolute Gasteiger partial charge is 0.326 e. The molecule has 1 saturated heterocycles. The zero-order chi connectivity index (χ0) is 18.1. The number of benzene rings is 2. The maximum Gasteiger partial charge on any atom is 0.229 e. The Kier molecular flexibility index (Phi) is 4.53. The van der Waals surface area contributed by atoms with Crippen LogP contribution in [0.2, 0.25) is 0 Å². The van der Waals surface area contributed by atoms with Crippen LogP contribution in [0.25, 0.3) is 0 Å². The number of carbonyl (C=O) groups is 2. The van der Waals surface area contributed by atoms with Crippen molar-refractivity contribution in [1.29, 1.82) is 0 Å². The molecule has 130 valence electrons. The number of aryl methyl sites for hydroxylation is 2. The summed E-state index contributed by atoms with van der Waals surface area (Å²) in [5.74, 6) is -3.10. The van der Waals surface area contributed by atoms with Gasteiger partial charge in [-0.15, -0.1) is 0 Å². The van der Waals surface area contributed by atoms with E-state index in [9.17, 15) is 18.4 Å². The topological polar surface area (TPSA) is 49.4 Å². The van der Waals surface area contributed by atoms with Gasteiger partial charge in [-0.2, -0.15) is 0 Å². The number of nitrogens with zero attached hydrogens (tertiary/aromatic N) is 1. The van der Waals surface area contributed by atoms with Crippen LogP contribution >= 0.6 is 0 Å². The highest BCUT2D eigenvalue weighted by atomic mass is 19.1. The molecule has 1 N–H and O–H groups in total. The van der Waals surface area contributed by atoms with Crippen molar-refractivity contribution in [3.8, 4) is 0 Å². The summed E-state index contributed by atoms with van der Waals surface area (Å²) in [5.41, 5.74) is 2.26. The van der Waals surface area contributed by atoms with E-state index in [1.54, 1.807) is 0 Å². The summed E-state index contributed by atoms with van der Waals surface area (Å²) < 4.78 is 27.8. The first-order valence-corrected chi connectivity index (χ1v) is 7.98. The van der Waals surface area contributed by atoms with Gasteiger partial charge >= 0.3 is 0 Å². The predicted octanol–water partition coefficient (Wildman–Crippen LogP) is 3.57. The van der Waals surface area contributed by atoms with Gasteiger partial charge in [-0.1, -0.05) is 12.1 Å². The Morgan fingerprint density at radius 2 is 1.72 bits per heavy atom. The Labute approximate surface area is 144 Å². The molecule has 0 radical (unpaired) electrons. The number of rotatable bonds is 3. The lowest BCUT2D eigenvalue weighted by Crippen LogP contribution is -2.29.